The van der Waals surface area contributed by atoms with Gasteiger partial charge < -0.3 is 0 Å². The summed E-state index contributed by atoms with van der Waals surface area (Å²) in [5.74, 6) is 0. The Morgan fingerprint density at radius 2 is 2.31 bits per heavy atom. The van der Waals surface area contributed by atoms with Crippen LogP contribution < -0.4 is 0 Å². The molecular formula is C8H11N5. The molecule has 68 valence electrons. The van der Waals surface area contributed by atoms with E-state index in [-0.39, 0.29) is 0 Å². The lowest BCUT2D eigenvalue weighted by Crippen LogP contribution is -2.17. The van der Waals surface area contributed by atoms with Crippen LogP contribution >= 0.6 is 0 Å². The average molecular weight is 177 g/mol. The lowest BCUT2D eigenvalue weighted by molar-refractivity contribution is 0.309. The quantitative estimate of drug-likeness (QED) is 0.664. The predicted molar refractivity (Wildman–Crippen MR) is 49.0 cm³/mol. The Labute approximate surface area is 76.0 Å². The maximum atomic E-state index is 4.10. The van der Waals surface area contributed by atoms with Gasteiger partial charge in [-0.05, 0) is 26.2 Å². The Balaban J connectivity index is 2.46. The van der Waals surface area contributed by atoms with Gasteiger partial charge in [-0.15, -0.1) is 5.10 Å². The van der Waals surface area contributed by atoms with Gasteiger partial charge >= 0.3 is 0 Å². The van der Waals surface area contributed by atoms with Gasteiger partial charge in [0.15, 0.2) is 0 Å². The van der Waals surface area contributed by atoms with E-state index in [1.54, 1.807) is 6.20 Å². The maximum absolute atomic E-state index is 4.10. The molecule has 0 radical (unpaired) electrons. The van der Waals surface area contributed by atoms with E-state index in [0.717, 1.165) is 12.2 Å². The van der Waals surface area contributed by atoms with Crippen LogP contribution in [0.15, 0.2) is 18.3 Å². The van der Waals surface area contributed by atoms with Crippen LogP contribution in [0.4, 0.5) is 0 Å². The van der Waals surface area contributed by atoms with Gasteiger partial charge in [-0.3, -0.25) is 4.90 Å². The molecule has 2 heterocycles. The second-order valence-electron chi connectivity index (χ2n) is 3.16. The number of hydrogen-bond acceptors (Lipinski definition) is 4. The van der Waals surface area contributed by atoms with E-state index in [4.69, 9.17) is 0 Å². The molecule has 0 fully saturated rings. The Morgan fingerprint density at radius 3 is 3.08 bits per heavy atom. The van der Waals surface area contributed by atoms with Crippen LogP contribution in [-0.4, -0.2) is 39.0 Å². The van der Waals surface area contributed by atoms with Crippen LogP contribution in [0.2, 0.25) is 0 Å². The normalized spacial score (nSPS) is 11.3. The largest absolute Gasteiger partial charge is 0.291 e. The lowest BCUT2D eigenvalue weighted by Gasteiger charge is -2.08. The molecule has 0 N–H and O–H groups in total. The van der Waals surface area contributed by atoms with E-state index in [0.29, 0.717) is 5.65 Å². The van der Waals surface area contributed by atoms with E-state index in [9.17, 15) is 0 Å². The second kappa shape index (κ2) is 3.10. The van der Waals surface area contributed by atoms with Crippen molar-refractivity contribution in [3.63, 3.8) is 0 Å². The number of aromatic nitrogens is 4. The van der Waals surface area contributed by atoms with Gasteiger partial charge in [0, 0.05) is 6.20 Å². The first-order valence-corrected chi connectivity index (χ1v) is 4.06. The summed E-state index contributed by atoms with van der Waals surface area (Å²) in [4.78, 5) is 6.13. The third kappa shape index (κ3) is 1.50. The molecule has 0 spiro atoms. The summed E-state index contributed by atoms with van der Waals surface area (Å²) < 4.78 is 1.82. The van der Waals surface area contributed by atoms with Gasteiger partial charge in [0.25, 0.3) is 0 Å². The molecule has 0 aromatic carbocycles. The summed E-state index contributed by atoms with van der Waals surface area (Å²) in [5, 5.41) is 7.94. The fourth-order valence-electron chi connectivity index (χ4n) is 1.18. The molecule has 5 nitrogen and oxygen atoms in total. The van der Waals surface area contributed by atoms with Crippen molar-refractivity contribution in [1.82, 2.24) is 24.9 Å². The molecule has 0 unspecified atom stereocenters. The van der Waals surface area contributed by atoms with Crippen molar-refractivity contribution in [2.75, 3.05) is 14.1 Å². The van der Waals surface area contributed by atoms with E-state index < -0.39 is 0 Å². The molecule has 0 amide bonds. The highest BCUT2D eigenvalue weighted by Crippen LogP contribution is 2.06. The third-order valence-electron chi connectivity index (χ3n) is 1.71. The maximum Gasteiger partial charge on any atom is 0.201 e. The highest BCUT2D eigenvalue weighted by atomic mass is 15.5. The van der Waals surface area contributed by atoms with Crippen molar-refractivity contribution in [3.05, 3.63) is 18.3 Å². The minimum absolute atomic E-state index is 0.698. The van der Waals surface area contributed by atoms with Gasteiger partial charge in [-0.2, -0.15) is 0 Å². The summed E-state index contributed by atoms with van der Waals surface area (Å²) in [5.41, 5.74) is 1.67. The zero-order chi connectivity index (χ0) is 9.26. The molecule has 0 aliphatic carbocycles. The van der Waals surface area contributed by atoms with E-state index in [1.807, 2.05) is 35.8 Å². The third-order valence-corrected chi connectivity index (χ3v) is 1.71. The number of nitrogens with zero attached hydrogens (tertiary/aromatic N) is 5. The number of pyridine rings is 1. The van der Waals surface area contributed by atoms with Gasteiger partial charge in [0.05, 0.1) is 6.67 Å². The van der Waals surface area contributed by atoms with Crippen LogP contribution in [0.5, 0.6) is 0 Å². The summed E-state index contributed by atoms with van der Waals surface area (Å²) in [7, 11) is 3.98. The van der Waals surface area contributed by atoms with Gasteiger partial charge in [-0.1, -0.05) is 5.21 Å². The lowest BCUT2D eigenvalue weighted by atomic mass is 10.4. The minimum atomic E-state index is 0.698. The standard InChI is InChI=1S/C8H11N5/c1-12(2)6-13-7-4-3-5-9-8(7)10-11-13/h3-5H,6H2,1-2H3. The first kappa shape index (κ1) is 8.12. The average Bonchev–Trinajstić information content (AvgIpc) is 2.48. The van der Waals surface area contributed by atoms with E-state index >= 15 is 0 Å². The molecule has 0 aliphatic heterocycles. The zero-order valence-corrected chi connectivity index (χ0v) is 7.68. The van der Waals surface area contributed by atoms with E-state index in [2.05, 4.69) is 15.3 Å². The molecule has 0 aliphatic rings. The van der Waals surface area contributed by atoms with Crippen molar-refractivity contribution in [2.45, 2.75) is 6.67 Å². The highest BCUT2D eigenvalue weighted by molar-refractivity contribution is 5.68. The first-order chi connectivity index (χ1) is 6.27. The second-order valence-corrected chi connectivity index (χ2v) is 3.16. The predicted octanol–water partition coefficient (Wildman–Crippen LogP) is 0.345. The van der Waals surface area contributed by atoms with Crippen molar-refractivity contribution in [1.29, 1.82) is 0 Å². The van der Waals surface area contributed by atoms with Crippen LogP contribution in [-0.2, 0) is 6.67 Å². The molecule has 13 heavy (non-hydrogen) atoms. The number of hydrogen-bond donors (Lipinski definition) is 0. The SMILES string of the molecule is CN(C)Cn1nnc2ncccc21. The van der Waals surface area contributed by atoms with Crippen LogP contribution in [0.25, 0.3) is 11.2 Å². The molecule has 2 aromatic rings. The van der Waals surface area contributed by atoms with Crippen LogP contribution in [0.1, 0.15) is 0 Å². The topological polar surface area (TPSA) is 46.8 Å². The molecule has 2 rings (SSSR count). The monoisotopic (exact) mass is 177 g/mol. The number of rotatable bonds is 2. The molecule has 0 saturated heterocycles. The van der Waals surface area contributed by atoms with E-state index in [1.165, 1.54) is 0 Å². The van der Waals surface area contributed by atoms with Crippen molar-refractivity contribution in [2.24, 2.45) is 0 Å². The molecule has 0 atom stereocenters. The van der Waals surface area contributed by atoms with Crippen LogP contribution in [0.3, 0.4) is 0 Å². The highest BCUT2D eigenvalue weighted by Gasteiger charge is 2.03. The van der Waals surface area contributed by atoms with Crippen molar-refractivity contribution < 1.29 is 0 Å². The summed E-state index contributed by atoms with van der Waals surface area (Å²) in [6, 6.07) is 3.85. The molecule has 5 heteroatoms. The summed E-state index contributed by atoms with van der Waals surface area (Å²) >= 11 is 0. The Morgan fingerprint density at radius 1 is 1.46 bits per heavy atom. The van der Waals surface area contributed by atoms with Gasteiger partial charge in [0.1, 0.15) is 5.52 Å². The molecule has 0 bridgehead atoms. The number of fused-ring (bicyclic) bond motifs is 1. The summed E-state index contributed by atoms with van der Waals surface area (Å²) in [6.45, 7) is 0.724. The van der Waals surface area contributed by atoms with Gasteiger partial charge in [-0.25, -0.2) is 9.67 Å². The Bertz CT molecular complexity index is 406. The van der Waals surface area contributed by atoms with Crippen LogP contribution in [0, 0.1) is 0 Å². The molecule has 0 saturated carbocycles. The fourth-order valence-corrected chi connectivity index (χ4v) is 1.18. The molecule has 2 aromatic heterocycles. The molecular weight excluding hydrogens is 166 g/mol. The van der Waals surface area contributed by atoms with Crippen molar-refractivity contribution in [3.8, 4) is 0 Å². The smallest absolute Gasteiger partial charge is 0.201 e. The first-order valence-electron chi connectivity index (χ1n) is 4.06. The van der Waals surface area contributed by atoms with Crippen molar-refractivity contribution >= 4 is 11.2 Å². The fraction of sp³-hybridized carbons (Fsp3) is 0.375. The zero-order valence-electron chi connectivity index (χ0n) is 7.68. The minimum Gasteiger partial charge on any atom is -0.291 e. The summed E-state index contributed by atoms with van der Waals surface area (Å²) in [6.07, 6.45) is 1.72. The Kier molecular flexibility index (Phi) is 1.94. The Hall–Kier alpha value is -1.49. The van der Waals surface area contributed by atoms with Gasteiger partial charge in [0.2, 0.25) is 5.65 Å².